The summed E-state index contributed by atoms with van der Waals surface area (Å²) in [5.41, 5.74) is -1.70. The van der Waals surface area contributed by atoms with Gasteiger partial charge in [-0.1, -0.05) is 46.4 Å². The molecule has 8 heteroatoms. The molecule has 1 aliphatic heterocycles. The van der Waals surface area contributed by atoms with Crippen LogP contribution in [0, 0.1) is 0 Å². The Bertz CT molecular complexity index is 884. The second-order valence-corrected chi connectivity index (χ2v) is 6.98. The SMILES string of the molecule is O=C(C[C@@]1(O)C(=O)Nc2c(Cl)ccc(Cl)c21)c1ccc(Cl)cc1Cl. The summed E-state index contributed by atoms with van der Waals surface area (Å²) in [6.07, 6.45) is -0.534. The Morgan fingerprint density at radius 3 is 2.38 bits per heavy atom. The van der Waals surface area contributed by atoms with Gasteiger partial charge in [0.15, 0.2) is 11.4 Å². The smallest absolute Gasteiger partial charge is 0.261 e. The Morgan fingerprint density at radius 1 is 1.04 bits per heavy atom. The van der Waals surface area contributed by atoms with Gasteiger partial charge in [-0.3, -0.25) is 9.59 Å². The van der Waals surface area contributed by atoms with Crippen LogP contribution in [-0.4, -0.2) is 16.8 Å². The molecule has 1 amide bonds. The van der Waals surface area contributed by atoms with Gasteiger partial charge >= 0.3 is 0 Å². The molecule has 1 aliphatic rings. The van der Waals surface area contributed by atoms with Gasteiger partial charge < -0.3 is 10.4 Å². The first kappa shape index (κ1) is 17.5. The van der Waals surface area contributed by atoms with E-state index in [-0.39, 0.29) is 31.9 Å². The van der Waals surface area contributed by atoms with Crippen LogP contribution in [0.15, 0.2) is 30.3 Å². The van der Waals surface area contributed by atoms with E-state index < -0.39 is 23.7 Å². The Kier molecular flexibility index (Phi) is 4.53. The molecule has 0 radical (unpaired) electrons. The number of aliphatic hydroxyl groups is 1. The molecule has 3 rings (SSSR count). The lowest BCUT2D eigenvalue weighted by Crippen LogP contribution is -2.36. The number of ketones is 1. The van der Waals surface area contributed by atoms with Crippen molar-refractivity contribution in [3.63, 3.8) is 0 Å². The van der Waals surface area contributed by atoms with Crippen LogP contribution in [0.25, 0.3) is 0 Å². The van der Waals surface area contributed by atoms with Gasteiger partial charge in [0.1, 0.15) is 0 Å². The van der Waals surface area contributed by atoms with Crippen LogP contribution in [0.5, 0.6) is 0 Å². The van der Waals surface area contributed by atoms with E-state index in [9.17, 15) is 14.7 Å². The van der Waals surface area contributed by atoms with Crippen molar-refractivity contribution in [3.05, 3.63) is 61.5 Å². The second-order valence-electron chi connectivity index (χ2n) is 5.32. The van der Waals surface area contributed by atoms with E-state index in [1.54, 1.807) is 0 Å². The monoisotopic (exact) mass is 403 g/mol. The average molecular weight is 405 g/mol. The van der Waals surface area contributed by atoms with Crippen LogP contribution in [0.1, 0.15) is 22.3 Å². The molecule has 1 atom stereocenters. The number of rotatable bonds is 3. The van der Waals surface area contributed by atoms with E-state index in [1.807, 2.05) is 0 Å². The van der Waals surface area contributed by atoms with E-state index in [4.69, 9.17) is 46.4 Å². The maximum absolute atomic E-state index is 12.5. The van der Waals surface area contributed by atoms with Gasteiger partial charge in [0.05, 0.1) is 22.2 Å². The topological polar surface area (TPSA) is 66.4 Å². The lowest BCUT2D eigenvalue weighted by atomic mass is 9.88. The van der Waals surface area contributed by atoms with Gasteiger partial charge in [-0.2, -0.15) is 0 Å². The summed E-state index contributed by atoms with van der Waals surface area (Å²) in [5.74, 6) is -1.30. The number of carbonyl (C=O) groups is 2. The summed E-state index contributed by atoms with van der Waals surface area (Å²) < 4.78 is 0. The van der Waals surface area contributed by atoms with Crippen molar-refractivity contribution >= 4 is 63.8 Å². The molecule has 24 heavy (non-hydrogen) atoms. The highest BCUT2D eigenvalue weighted by atomic mass is 35.5. The predicted octanol–water partition coefficient (Wildman–Crippen LogP) is 4.71. The van der Waals surface area contributed by atoms with Gasteiger partial charge in [-0.05, 0) is 30.3 Å². The molecule has 2 N–H and O–H groups in total. The summed E-state index contributed by atoms with van der Waals surface area (Å²) in [4.78, 5) is 24.8. The molecular formula is C16H9Cl4NO3. The molecule has 0 bridgehead atoms. The van der Waals surface area contributed by atoms with Crippen LogP contribution in [0.3, 0.4) is 0 Å². The highest BCUT2D eigenvalue weighted by Gasteiger charge is 2.49. The zero-order valence-electron chi connectivity index (χ0n) is 11.9. The van der Waals surface area contributed by atoms with Gasteiger partial charge in [-0.15, -0.1) is 0 Å². The highest BCUT2D eigenvalue weighted by Crippen LogP contribution is 2.46. The number of nitrogens with one attached hydrogen (secondary N) is 1. The average Bonchev–Trinajstić information content (AvgIpc) is 2.76. The van der Waals surface area contributed by atoms with E-state index in [0.717, 1.165) is 0 Å². The summed E-state index contributed by atoms with van der Waals surface area (Å²) in [5, 5.41) is 14.2. The normalized spacial score (nSPS) is 19.1. The molecule has 0 spiro atoms. The van der Waals surface area contributed by atoms with Crippen molar-refractivity contribution in [2.24, 2.45) is 0 Å². The molecule has 0 aromatic heterocycles. The fraction of sp³-hybridized carbons (Fsp3) is 0.125. The second kappa shape index (κ2) is 6.21. The van der Waals surface area contributed by atoms with Gasteiger partial charge in [0, 0.05) is 21.2 Å². The van der Waals surface area contributed by atoms with Crippen molar-refractivity contribution < 1.29 is 14.7 Å². The third-order valence-corrected chi connectivity index (χ3v) is 4.96. The standard InChI is InChI=1S/C16H9Cl4NO3/c17-7-1-2-8(11(20)5-7)12(22)6-16(24)13-9(18)3-4-10(19)14(13)21-15(16)23/h1-5,24H,6H2,(H,21,23)/t16-/m0/s1. The van der Waals surface area contributed by atoms with Crippen molar-refractivity contribution in [3.8, 4) is 0 Å². The van der Waals surface area contributed by atoms with E-state index >= 15 is 0 Å². The molecule has 0 saturated carbocycles. The maximum atomic E-state index is 12.5. The summed E-state index contributed by atoms with van der Waals surface area (Å²) >= 11 is 24.0. The number of Topliss-reactive ketones (excluding diaryl/α,β-unsaturated/α-hetero) is 1. The Labute approximate surface area is 157 Å². The predicted molar refractivity (Wildman–Crippen MR) is 94.4 cm³/mol. The lowest BCUT2D eigenvalue weighted by molar-refractivity contribution is -0.133. The molecule has 2 aromatic rings. The largest absolute Gasteiger partial charge is 0.375 e. The van der Waals surface area contributed by atoms with Crippen LogP contribution in [0.4, 0.5) is 5.69 Å². The first-order valence-electron chi connectivity index (χ1n) is 6.74. The van der Waals surface area contributed by atoms with Crippen molar-refractivity contribution in [2.75, 3.05) is 5.32 Å². The Hall–Kier alpha value is -1.30. The van der Waals surface area contributed by atoms with E-state index in [0.29, 0.717) is 5.02 Å². The first-order chi connectivity index (χ1) is 11.2. The van der Waals surface area contributed by atoms with Crippen LogP contribution >= 0.6 is 46.4 Å². The highest BCUT2D eigenvalue weighted by molar-refractivity contribution is 6.38. The zero-order valence-corrected chi connectivity index (χ0v) is 14.9. The van der Waals surface area contributed by atoms with Crippen LogP contribution < -0.4 is 5.32 Å². The summed E-state index contributed by atoms with van der Waals surface area (Å²) in [6, 6.07) is 7.29. The fourth-order valence-corrected chi connectivity index (χ4v) is 3.65. The maximum Gasteiger partial charge on any atom is 0.261 e. The number of carbonyl (C=O) groups excluding carboxylic acids is 2. The summed E-state index contributed by atoms with van der Waals surface area (Å²) in [7, 11) is 0. The van der Waals surface area contributed by atoms with Crippen molar-refractivity contribution in [1.82, 2.24) is 0 Å². The molecule has 0 unspecified atom stereocenters. The molecule has 0 fully saturated rings. The minimum Gasteiger partial charge on any atom is -0.375 e. The third-order valence-electron chi connectivity index (χ3n) is 3.78. The number of benzene rings is 2. The first-order valence-corrected chi connectivity index (χ1v) is 8.26. The number of fused-ring (bicyclic) bond motifs is 1. The van der Waals surface area contributed by atoms with Crippen molar-refractivity contribution in [1.29, 1.82) is 0 Å². The lowest BCUT2D eigenvalue weighted by Gasteiger charge is -2.21. The Morgan fingerprint density at radius 2 is 1.71 bits per heavy atom. The quantitative estimate of drug-likeness (QED) is 0.727. The van der Waals surface area contributed by atoms with E-state index in [1.165, 1.54) is 30.3 Å². The molecular weight excluding hydrogens is 396 g/mol. The van der Waals surface area contributed by atoms with Crippen molar-refractivity contribution in [2.45, 2.75) is 12.0 Å². The van der Waals surface area contributed by atoms with Gasteiger partial charge in [0.2, 0.25) is 0 Å². The van der Waals surface area contributed by atoms with Crippen LogP contribution in [0.2, 0.25) is 20.1 Å². The molecule has 124 valence electrons. The Balaban J connectivity index is 2.03. The number of anilines is 1. The molecule has 2 aromatic carbocycles. The third kappa shape index (κ3) is 2.79. The number of hydrogen-bond acceptors (Lipinski definition) is 3. The van der Waals surface area contributed by atoms with Crippen LogP contribution in [-0.2, 0) is 10.4 Å². The zero-order chi connectivity index (χ0) is 17.6. The molecule has 0 saturated heterocycles. The minimum absolute atomic E-state index is 0.0834. The molecule has 1 heterocycles. The molecule has 4 nitrogen and oxygen atoms in total. The molecule has 0 aliphatic carbocycles. The van der Waals surface area contributed by atoms with Gasteiger partial charge in [0.25, 0.3) is 5.91 Å². The number of halogens is 4. The minimum atomic E-state index is -2.13. The number of hydrogen-bond donors (Lipinski definition) is 2. The summed E-state index contributed by atoms with van der Waals surface area (Å²) in [6.45, 7) is 0. The fourth-order valence-electron chi connectivity index (χ4n) is 2.62. The van der Waals surface area contributed by atoms with Gasteiger partial charge in [-0.25, -0.2) is 0 Å². The van der Waals surface area contributed by atoms with E-state index in [2.05, 4.69) is 5.32 Å². The number of amides is 1.